The number of hydrogen-bond acceptors (Lipinski definition) is 3. The lowest BCUT2D eigenvalue weighted by molar-refractivity contribution is 0.173. The molecule has 1 aliphatic heterocycles. The highest BCUT2D eigenvalue weighted by molar-refractivity contribution is 8.00. The van der Waals surface area contributed by atoms with Gasteiger partial charge in [0.2, 0.25) is 0 Å². The summed E-state index contributed by atoms with van der Waals surface area (Å²) in [5.41, 5.74) is 0. The van der Waals surface area contributed by atoms with Crippen molar-refractivity contribution in [1.29, 1.82) is 0 Å². The molecule has 0 saturated carbocycles. The van der Waals surface area contributed by atoms with E-state index in [1.54, 1.807) is 0 Å². The Hall–Kier alpha value is 0.270. The number of nitrogens with one attached hydrogen (secondary N) is 1. The van der Waals surface area contributed by atoms with E-state index in [0.717, 1.165) is 13.1 Å². The van der Waals surface area contributed by atoms with Gasteiger partial charge >= 0.3 is 0 Å². The second-order valence-corrected chi connectivity index (χ2v) is 5.48. The highest BCUT2D eigenvalue weighted by Gasteiger charge is 2.27. The first-order valence-corrected chi connectivity index (χ1v) is 5.75. The van der Waals surface area contributed by atoms with Gasteiger partial charge < -0.3 is 5.32 Å². The van der Waals surface area contributed by atoms with Gasteiger partial charge in [0.25, 0.3) is 0 Å². The second kappa shape index (κ2) is 4.49. The Bertz CT molecular complexity index is 130. The quantitative estimate of drug-likeness (QED) is 0.720. The molecule has 0 aromatic carbocycles. The third-order valence-electron chi connectivity index (χ3n) is 2.38. The first-order valence-electron chi connectivity index (χ1n) is 4.76. The zero-order valence-electron chi connectivity index (χ0n) is 8.39. The van der Waals surface area contributed by atoms with Gasteiger partial charge in [-0.3, -0.25) is 4.90 Å². The molecule has 2 nitrogen and oxygen atoms in total. The van der Waals surface area contributed by atoms with Crippen LogP contribution in [0.4, 0.5) is 0 Å². The molecule has 12 heavy (non-hydrogen) atoms. The van der Waals surface area contributed by atoms with Gasteiger partial charge in [-0.1, -0.05) is 6.92 Å². The number of piperazine rings is 1. The van der Waals surface area contributed by atoms with E-state index < -0.39 is 0 Å². The fourth-order valence-corrected chi connectivity index (χ4v) is 2.72. The molecule has 72 valence electrons. The van der Waals surface area contributed by atoms with Crippen LogP contribution in [0.5, 0.6) is 0 Å². The van der Waals surface area contributed by atoms with E-state index in [-0.39, 0.29) is 0 Å². The summed E-state index contributed by atoms with van der Waals surface area (Å²) in [5.74, 6) is 1.21. The van der Waals surface area contributed by atoms with Crippen LogP contribution in [0.15, 0.2) is 0 Å². The number of nitrogens with zero attached hydrogens (tertiary/aromatic N) is 1. The van der Waals surface area contributed by atoms with Crippen molar-refractivity contribution in [1.82, 2.24) is 10.2 Å². The van der Waals surface area contributed by atoms with Crippen LogP contribution < -0.4 is 5.32 Å². The van der Waals surface area contributed by atoms with E-state index >= 15 is 0 Å². The van der Waals surface area contributed by atoms with E-state index in [1.165, 1.54) is 18.8 Å². The summed E-state index contributed by atoms with van der Waals surface area (Å²) in [5, 5.41) is 3.38. The third-order valence-corrected chi connectivity index (χ3v) is 3.63. The van der Waals surface area contributed by atoms with Crippen molar-refractivity contribution in [2.45, 2.75) is 25.6 Å². The summed E-state index contributed by atoms with van der Waals surface area (Å²) < 4.78 is 0. The molecule has 0 aromatic heterocycles. The fourth-order valence-electron chi connectivity index (χ4n) is 1.65. The fraction of sp³-hybridized carbons (Fsp3) is 1.00. The molecular weight excluding hydrogens is 168 g/mol. The summed E-state index contributed by atoms with van der Waals surface area (Å²) in [4.78, 5) is 2.90. The van der Waals surface area contributed by atoms with E-state index in [9.17, 15) is 0 Å². The SMILES string of the molecule is CCSC(C)(C)N1CCNCC1. The summed E-state index contributed by atoms with van der Waals surface area (Å²) in [6.07, 6.45) is 0. The summed E-state index contributed by atoms with van der Waals surface area (Å²) in [7, 11) is 0. The van der Waals surface area contributed by atoms with Crippen molar-refractivity contribution in [3.8, 4) is 0 Å². The first kappa shape index (κ1) is 10.4. The Morgan fingerprint density at radius 3 is 2.42 bits per heavy atom. The Morgan fingerprint density at radius 2 is 1.92 bits per heavy atom. The minimum Gasteiger partial charge on any atom is -0.314 e. The van der Waals surface area contributed by atoms with Gasteiger partial charge in [-0.15, -0.1) is 11.8 Å². The van der Waals surface area contributed by atoms with Gasteiger partial charge in [0, 0.05) is 26.2 Å². The van der Waals surface area contributed by atoms with Crippen molar-refractivity contribution in [2.24, 2.45) is 0 Å². The Balaban J connectivity index is 2.41. The molecule has 1 N–H and O–H groups in total. The van der Waals surface area contributed by atoms with E-state index in [0.29, 0.717) is 4.87 Å². The van der Waals surface area contributed by atoms with Crippen molar-refractivity contribution in [2.75, 3.05) is 31.9 Å². The van der Waals surface area contributed by atoms with Crippen LogP contribution in [0.25, 0.3) is 0 Å². The zero-order chi connectivity index (χ0) is 9.03. The normalized spacial score (nSPS) is 21.2. The van der Waals surface area contributed by atoms with Gasteiger partial charge in [-0.2, -0.15) is 0 Å². The molecule has 0 amide bonds. The van der Waals surface area contributed by atoms with Crippen LogP contribution in [-0.2, 0) is 0 Å². The van der Waals surface area contributed by atoms with Gasteiger partial charge in [-0.25, -0.2) is 0 Å². The van der Waals surface area contributed by atoms with Crippen molar-refractivity contribution < 1.29 is 0 Å². The molecule has 0 radical (unpaired) electrons. The molecule has 1 aliphatic rings. The summed E-state index contributed by atoms with van der Waals surface area (Å²) in [6.45, 7) is 11.6. The summed E-state index contributed by atoms with van der Waals surface area (Å²) >= 11 is 2.04. The number of rotatable bonds is 3. The zero-order valence-corrected chi connectivity index (χ0v) is 9.21. The monoisotopic (exact) mass is 188 g/mol. The molecule has 0 unspecified atom stereocenters. The number of hydrogen-bond donors (Lipinski definition) is 1. The molecule has 0 bridgehead atoms. The predicted octanol–water partition coefficient (Wildman–Crippen LogP) is 1.38. The van der Waals surface area contributed by atoms with Crippen LogP contribution in [0.1, 0.15) is 20.8 Å². The smallest absolute Gasteiger partial charge is 0.0613 e. The van der Waals surface area contributed by atoms with Crippen LogP contribution >= 0.6 is 11.8 Å². The Labute approximate surface area is 80.1 Å². The maximum atomic E-state index is 3.38. The Morgan fingerprint density at radius 1 is 1.33 bits per heavy atom. The van der Waals surface area contributed by atoms with E-state index in [1.807, 2.05) is 11.8 Å². The highest BCUT2D eigenvalue weighted by atomic mass is 32.2. The Kier molecular flexibility index (Phi) is 3.87. The molecule has 0 aromatic rings. The van der Waals surface area contributed by atoms with Crippen molar-refractivity contribution in [3.05, 3.63) is 0 Å². The minimum atomic E-state index is 0.330. The maximum Gasteiger partial charge on any atom is 0.0613 e. The molecular formula is C9H20N2S. The van der Waals surface area contributed by atoms with Gasteiger partial charge in [0.05, 0.1) is 4.87 Å². The van der Waals surface area contributed by atoms with E-state index in [2.05, 4.69) is 31.0 Å². The van der Waals surface area contributed by atoms with Gasteiger partial charge in [0.1, 0.15) is 0 Å². The average Bonchev–Trinajstić information content (AvgIpc) is 2.06. The highest BCUT2D eigenvalue weighted by Crippen LogP contribution is 2.28. The largest absolute Gasteiger partial charge is 0.314 e. The van der Waals surface area contributed by atoms with E-state index in [4.69, 9.17) is 0 Å². The van der Waals surface area contributed by atoms with Crippen LogP contribution in [0.2, 0.25) is 0 Å². The predicted molar refractivity (Wildman–Crippen MR) is 56.7 cm³/mol. The number of thioether (sulfide) groups is 1. The average molecular weight is 188 g/mol. The molecule has 0 aliphatic carbocycles. The van der Waals surface area contributed by atoms with Gasteiger partial charge in [-0.05, 0) is 19.6 Å². The maximum absolute atomic E-state index is 3.38. The molecule has 1 rings (SSSR count). The van der Waals surface area contributed by atoms with Crippen molar-refractivity contribution in [3.63, 3.8) is 0 Å². The third kappa shape index (κ3) is 2.64. The van der Waals surface area contributed by atoms with Gasteiger partial charge in [0.15, 0.2) is 0 Å². The first-order chi connectivity index (χ1) is 5.67. The van der Waals surface area contributed by atoms with Crippen LogP contribution in [-0.4, -0.2) is 41.7 Å². The lowest BCUT2D eigenvalue weighted by Crippen LogP contribution is -2.51. The second-order valence-electron chi connectivity index (χ2n) is 3.62. The lowest BCUT2D eigenvalue weighted by Gasteiger charge is -2.40. The topological polar surface area (TPSA) is 15.3 Å². The molecule has 3 heteroatoms. The molecule has 0 spiro atoms. The molecule has 1 heterocycles. The lowest BCUT2D eigenvalue weighted by atomic mass is 10.2. The standard InChI is InChI=1S/C9H20N2S/c1-4-12-9(2,3)11-7-5-10-6-8-11/h10H,4-8H2,1-3H3. The molecule has 1 fully saturated rings. The van der Waals surface area contributed by atoms with Crippen LogP contribution in [0, 0.1) is 0 Å². The molecule has 1 saturated heterocycles. The van der Waals surface area contributed by atoms with Crippen LogP contribution in [0.3, 0.4) is 0 Å². The van der Waals surface area contributed by atoms with Crippen molar-refractivity contribution >= 4 is 11.8 Å². The summed E-state index contributed by atoms with van der Waals surface area (Å²) in [6, 6.07) is 0. The minimum absolute atomic E-state index is 0.330. The molecule has 0 atom stereocenters.